The second-order valence-corrected chi connectivity index (χ2v) is 6.31. The van der Waals surface area contributed by atoms with E-state index in [0.717, 1.165) is 10.2 Å². The molecule has 0 aliphatic carbocycles. The van der Waals surface area contributed by atoms with Gasteiger partial charge in [0, 0.05) is 15.7 Å². The van der Waals surface area contributed by atoms with Crippen molar-refractivity contribution >= 4 is 43.9 Å². The van der Waals surface area contributed by atoms with E-state index in [1.165, 1.54) is 11.3 Å². The second kappa shape index (κ2) is 6.20. The van der Waals surface area contributed by atoms with Crippen LogP contribution in [-0.4, -0.2) is 10.8 Å². The van der Waals surface area contributed by atoms with Gasteiger partial charge in [-0.3, -0.25) is 4.79 Å². The molecule has 0 fully saturated rings. The van der Waals surface area contributed by atoms with E-state index in [-0.39, 0.29) is 5.78 Å². The highest BCUT2D eigenvalue weighted by molar-refractivity contribution is 9.10. The van der Waals surface area contributed by atoms with Crippen LogP contribution in [0, 0.1) is 0 Å². The fourth-order valence-corrected chi connectivity index (χ4v) is 3.06. The maximum Gasteiger partial charge on any atom is 0.204 e. The number of nitrogens with zero attached hydrogens (tertiary/aromatic N) is 1. The van der Waals surface area contributed by atoms with Crippen molar-refractivity contribution < 1.29 is 4.79 Å². The van der Waals surface area contributed by atoms with Gasteiger partial charge in [-0.25, -0.2) is 4.98 Å². The topological polar surface area (TPSA) is 42.0 Å². The molecule has 1 N–H and O–H groups in total. The zero-order chi connectivity index (χ0) is 14.7. The summed E-state index contributed by atoms with van der Waals surface area (Å²) in [5.74, 6) is -0.00427. The first-order valence-electron chi connectivity index (χ1n) is 6.30. The molecule has 0 atom stereocenters. The van der Waals surface area contributed by atoms with E-state index in [2.05, 4.69) is 26.2 Å². The first kappa shape index (κ1) is 14.0. The van der Waals surface area contributed by atoms with E-state index in [0.29, 0.717) is 15.6 Å². The van der Waals surface area contributed by atoms with Crippen LogP contribution in [0.25, 0.3) is 0 Å². The Morgan fingerprint density at radius 3 is 2.67 bits per heavy atom. The molecule has 0 saturated carbocycles. The zero-order valence-corrected chi connectivity index (χ0v) is 13.3. The lowest BCUT2D eigenvalue weighted by Crippen LogP contribution is -1.97. The molecule has 1 heterocycles. The van der Waals surface area contributed by atoms with Crippen molar-refractivity contribution in [3.05, 3.63) is 75.7 Å². The molecule has 0 bridgehead atoms. The minimum Gasteiger partial charge on any atom is -0.332 e. The molecule has 3 nitrogen and oxygen atoms in total. The van der Waals surface area contributed by atoms with Crippen LogP contribution < -0.4 is 5.32 Å². The lowest BCUT2D eigenvalue weighted by Gasteiger charge is -2.02. The Hall–Kier alpha value is -1.98. The van der Waals surface area contributed by atoms with Gasteiger partial charge in [-0.2, -0.15) is 0 Å². The number of aromatic nitrogens is 1. The van der Waals surface area contributed by atoms with Gasteiger partial charge in [-0.1, -0.05) is 63.7 Å². The minimum absolute atomic E-state index is 0.00427. The van der Waals surface area contributed by atoms with Crippen molar-refractivity contribution in [2.24, 2.45) is 0 Å². The van der Waals surface area contributed by atoms with E-state index < -0.39 is 0 Å². The summed E-state index contributed by atoms with van der Waals surface area (Å²) in [5, 5.41) is 3.90. The summed E-state index contributed by atoms with van der Waals surface area (Å²) in [6.45, 7) is 0. The van der Waals surface area contributed by atoms with Crippen molar-refractivity contribution in [1.29, 1.82) is 0 Å². The summed E-state index contributed by atoms with van der Waals surface area (Å²) in [4.78, 5) is 17.2. The van der Waals surface area contributed by atoms with Crippen LogP contribution in [0.5, 0.6) is 0 Å². The number of carbonyl (C=O) groups excluding carboxylic acids is 1. The molecule has 0 spiro atoms. The maximum absolute atomic E-state index is 12.3. The Morgan fingerprint density at radius 2 is 1.90 bits per heavy atom. The Labute approximate surface area is 134 Å². The van der Waals surface area contributed by atoms with E-state index >= 15 is 0 Å². The average molecular weight is 359 g/mol. The molecule has 104 valence electrons. The van der Waals surface area contributed by atoms with Gasteiger partial charge in [0.25, 0.3) is 0 Å². The number of benzene rings is 2. The summed E-state index contributed by atoms with van der Waals surface area (Å²) in [7, 11) is 0. The summed E-state index contributed by atoms with van der Waals surface area (Å²) in [5.41, 5.74) is 1.60. The van der Waals surface area contributed by atoms with Crippen molar-refractivity contribution in [3.8, 4) is 0 Å². The molecule has 0 radical (unpaired) electrons. The summed E-state index contributed by atoms with van der Waals surface area (Å²) in [6.07, 6.45) is 1.61. The molecule has 3 rings (SSSR count). The molecule has 0 unspecified atom stereocenters. The van der Waals surface area contributed by atoms with Crippen molar-refractivity contribution in [1.82, 2.24) is 4.98 Å². The molecule has 0 aliphatic rings. The normalized spacial score (nSPS) is 10.3. The van der Waals surface area contributed by atoms with Crippen LogP contribution in [0.2, 0.25) is 0 Å². The lowest BCUT2D eigenvalue weighted by molar-refractivity contribution is 0.104. The van der Waals surface area contributed by atoms with Gasteiger partial charge < -0.3 is 5.32 Å². The van der Waals surface area contributed by atoms with Gasteiger partial charge in [0.15, 0.2) is 5.13 Å². The molecule has 1 aromatic heterocycles. The molecule has 0 aliphatic heterocycles. The van der Waals surface area contributed by atoms with Crippen LogP contribution in [0.15, 0.2) is 65.3 Å². The van der Waals surface area contributed by atoms with Crippen molar-refractivity contribution in [3.63, 3.8) is 0 Å². The van der Waals surface area contributed by atoms with Crippen molar-refractivity contribution in [2.75, 3.05) is 5.32 Å². The highest BCUT2D eigenvalue weighted by Crippen LogP contribution is 2.25. The van der Waals surface area contributed by atoms with Gasteiger partial charge in [-0.15, -0.1) is 0 Å². The van der Waals surface area contributed by atoms with Crippen LogP contribution in [0.1, 0.15) is 15.2 Å². The molecule has 3 aromatic rings. The number of rotatable bonds is 4. The zero-order valence-electron chi connectivity index (χ0n) is 10.9. The predicted octanol–water partition coefficient (Wildman–Crippen LogP) is 4.88. The number of hydrogen-bond acceptors (Lipinski definition) is 4. The van der Waals surface area contributed by atoms with Crippen molar-refractivity contribution in [2.45, 2.75) is 0 Å². The summed E-state index contributed by atoms with van der Waals surface area (Å²) in [6, 6.07) is 17.0. The van der Waals surface area contributed by atoms with E-state index in [1.54, 1.807) is 6.20 Å². The maximum atomic E-state index is 12.3. The van der Waals surface area contributed by atoms with Gasteiger partial charge >= 0.3 is 0 Å². The number of ketones is 1. The number of halogens is 1. The molecule has 0 amide bonds. The van der Waals surface area contributed by atoms with E-state index in [1.807, 2.05) is 54.6 Å². The number of carbonyl (C=O) groups is 1. The fourth-order valence-electron chi connectivity index (χ4n) is 1.86. The summed E-state index contributed by atoms with van der Waals surface area (Å²) >= 11 is 4.77. The van der Waals surface area contributed by atoms with E-state index in [9.17, 15) is 4.79 Å². The predicted molar refractivity (Wildman–Crippen MR) is 89.4 cm³/mol. The Morgan fingerprint density at radius 1 is 1.10 bits per heavy atom. The largest absolute Gasteiger partial charge is 0.332 e. The number of hydrogen-bond donors (Lipinski definition) is 1. The van der Waals surface area contributed by atoms with Gasteiger partial charge in [-0.05, 0) is 18.2 Å². The highest BCUT2D eigenvalue weighted by atomic mass is 79.9. The van der Waals surface area contributed by atoms with Gasteiger partial charge in [0.1, 0.15) is 0 Å². The van der Waals surface area contributed by atoms with E-state index in [4.69, 9.17) is 0 Å². The van der Waals surface area contributed by atoms with Gasteiger partial charge in [0.05, 0.1) is 11.1 Å². The molecular formula is C16H11BrN2OS. The first-order valence-corrected chi connectivity index (χ1v) is 7.91. The molecule has 21 heavy (non-hydrogen) atoms. The third-order valence-electron chi connectivity index (χ3n) is 2.84. The standard InChI is InChI=1S/C16H11BrN2OS/c17-12-7-4-8-13(9-12)19-16-18-10-14(21-16)15(20)11-5-2-1-3-6-11/h1-10H,(H,18,19). The highest BCUT2D eigenvalue weighted by Gasteiger charge is 2.12. The quantitative estimate of drug-likeness (QED) is 0.675. The Balaban J connectivity index is 1.79. The summed E-state index contributed by atoms with van der Waals surface area (Å²) < 4.78 is 0.990. The third kappa shape index (κ3) is 3.37. The average Bonchev–Trinajstić information content (AvgIpc) is 2.96. The Kier molecular flexibility index (Phi) is 4.13. The van der Waals surface area contributed by atoms with Crippen LogP contribution in [0.4, 0.5) is 10.8 Å². The fraction of sp³-hybridized carbons (Fsp3) is 0. The Bertz CT molecular complexity index is 771. The van der Waals surface area contributed by atoms with Crippen LogP contribution >= 0.6 is 27.3 Å². The minimum atomic E-state index is -0.00427. The van der Waals surface area contributed by atoms with Crippen LogP contribution in [-0.2, 0) is 0 Å². The third-order valence-corrected chi connectivity index (χ3v) is 4.25. The molecule has 2 aromatic carbocycles. The van der Waals surface area contributed by atoms with Crippen LogP contribution in [0.3, 0.4) is 0 Å². The smallest absolute Gasteiger partial charge is 0.204 e. The first-order chi connectivity index (χ1) is 10.2. The number of nitrogens with one attached hydrogen (secondary N) is 1. The molecule has 5 heteroatoms. The second-order valence-electron chi connectivity index (χ2n) is 4.36. The molecule has 0 saturated heterocycles. The molecular weight excluding hydrogens is 348 g/mol. The number of anilines is 2. The SMILES string of the molecule is O=C(c1ccccc1)c1cnc(Nc2cccc(Br)c2)s1. The lowest BCUT2D eigenvalue weighted by atomic mass is 10.1. The monoisotopic (exact) mass is 358 g/mol. The number of thiazole rings is 1. The van der Waals surface area contributed by atoms with Gasteiger partial charge in [0.2, 0.25) is 5.78 Å².